The summed E-state index contributed by atoms with van der Waals surface area (Å²) in [5.41, 5.74) is 0.839. The first-order valence-electron chi connectivity index (χ1n) is 8.93. The van der Waals surface area contributed by atoms with E-state index in [0.29, 0.717) is 13.1 Å². The predicted octanol–water partition coefficient (Wildman–Crippen LogP) is 2.02. The van der Waals surface area contributed by atoms with Gasteiger partial charge in [-0.2, -0.15) is 0 Å². The van der Waals surface area contributed by atoms with E-state index in [-0.39, 0.29) is 18.6 Å². The van der Waals surface area contributed by atoms with Crippen molar-refractivity contribution < 1.29 is 9.53 Å². The molecule has 26 heavy (non-hydrogen) atoms. The Balaban J connectivity index is 1.51. The van der Waals surface area contributed by atoms with E-state index in [2.05, 4.69) is 20.2 Å². The number of carbonyl (C=O) groups is 1. The van der Waals surface area contributed by atoms with Crippen LogP contribution in [-0.4, -0.2) is 59.6 Å². The molecule has 3 rings (SSSR count). The molecule has 1 N–H and O–H groups in total. The van der Waals surface area contributed by atoms with Gasteiger partial charge in [0.1, 0.15) is 5.75 Å². The van der Waals surface area contributed by atoms with E-state index in [1.807, 2.05) is 43.0 Å². The van der Waals surface area contributed by atoms with E-state index in [1.165, 1.54) is 0 Å². The lowest BCUT2D eigenvalue weighted by Gasteiger charge is -2.34. The number of carbonyl (C=O) groups excluding carboxylic acids is 1. The van der Waals surface area contributed by atoms with Crippen molar-refractivity contribution in [2.24, 2.45) is 0 Å². The van der Waals surface area contributed by atoms with Crippen LogP contribution in [0.1, 0.15) is 13.8 Å². The summed E-state index contributed by atoms with van der Waals surface area (Å²) in [6, 6.07) is 9.49. The third-order valence-electron chi connectivity index (χ3n) is 4.15. The fourth-order valence-electron chi connectivity index (χ4n) is 2.86. The quantitative estimate of drug-likeness (QED) is 0.855. The zero-order valence-electron chi connectivity index (χ0n) is 15.3. The van der Waals surface area contributed by atoms with Gasteiger partial charge < -0.3 is 19.9 Å². The third-order valence-corrected chi connectivity index (χ3v) is 4.15. The van der Waals surface area contributed by atoms with Gasteiger partial charge in [-0.1, -0.05) is 12.1 Å². The summed E-state index contributed by atoms with van der Waals surface area (Å²) in [5.74, 6) is 1.57. The number of nitrogens with one attached hydrogen (secondary N) is 1. The summed E-state index contributed by atoms with van der Waals surface area (Å²) in [6.45, 7) is 7.04. The average Bonchev–Trinajstić information content (AvgIpc) is 2.67. The molecule has 7 heteroatoms. The van der Waals surface area contributed by atoms with Crippen LogP contribution in [-0.2, 0) is 4.79 Å². The first-order valence-corrected chi connectivity index (χ1v) is 8.93. The standard InChI is InChI=1S/C19H25N5O2/c1-15(2)26-17-7-4-3-6-16(17)22-14-18(25)23-10-12-24(13-11-23)19-20-8-5-9-21-19/h3-9,15,22H,10-14H2,1-2H3. The fraction of sp³-hybridized carbons (Fsp3) is 0.421. The van der Waals surface area contributed by atoms with Crippen LogP contribution in [0.4, 0.5) is 11.6 Å². The summed E-state index contributed by atoms with van der Waals surface area (Å²) < 4.78 is 5.78. The molecular weight excluding hydrogens is 330 g/mol. The van der Waals surface area contributed by atoms with Gasteiger partial charge in [0, 0.05) is 38.6 Å². The molecule has 1 fully saturated rings. The minimum atomic E-state index is 0.0815. The van der Waals surface area contributed by atoms with E-state index in [9.17, 15) is 4.79 Å². The number of anilines is 2. The van der Waals surface area contributed by atoms with E-state index in [4.69, 9.17) is 4.74 Å². The maximum Gasteiger partial charge on any atom is 0.241 e. The van der Waals surface area contributed by atoms with Crippen LogP contribution in [0.2, 0.25) is 0 Å². The van der Waals surface area contributed by atoms with Crippen molar-refractivity contribution in [2.75, 3.05) is 42.9 Å². The van der Waals surface area contributed by atoms with Gasteiger partial charge in [0.05, 0.1) is 18.3 Å². The first-order chi connectivity index (χ1) is 12.6. The molecule has 0 radical (unpaired) electrons. The molecule has 0 atom stereocenters. The van der Waals surface area contributed by atoms with Gasteiger partial charge >= 0.3 is 0 Å². The topological polar surface area (TPSA) is 70.6 Å². The summed E-state index contributed by atoms with van der Waals surface area (Å²) in [7, 11) is 0. The molecule has 2 heterocycles. The van der Waals surface area contributed by atoms with Gasteiger partial charge in [-0.25, -0.2) is 9.97 Å². The van der Waals surface area contributed by atoms with Crippen LogP contribution in [0, 0.1) is 0 Å². The number of benzene rings is 1. The van der Waals surface area contributed by atoms with Crippen LogP contribution in [0.5, 0.6) is 5.75 Å². The summed E-state index contributed by atoms with van der Waals surface area (Å²) in [5, 5.41) is 3.20. The Kier molecular flexibility index (Phi) is 5.88. The number of ether oxygens (including phenoxy) is 1. The SMILES string of the molecule is CC(C)Oc1ccccc1NCC(=O)N1CCN(c2ncccn2)CC1. The molecule has 0 spiro atoms. The van der Waals surface area contributed by atoms with E-state index >= 15 is 0 Å². The molecule has 0 unspecified atom stereocenters. The minimum Gasteiger partial charge on any atom is -0.489 e. The molecule has 1 aromatic carbocycles. The Bertz CT molecular complexity index is 715. The van der Waals surface area contributed by atoms with Crippen molar-refractivity contribution in [2.45, 2.75) is 20.0 Å². The van der Waals surface area contributed by atoms with E-state index < -0.39 is 0 Å². The van der Waals surface area contributed by atoms with Gasteiger partial charge in [0.25, 0.3) is 0 Å². The Labute approximate surface area is 154 Å². The molecule has 2 aromatic rings. The Morgan fingerprint density at radius 3 is 2.50 bits per heavy atom. The second-order valence-corrected chi connectivity index (χ2v) is 6.43. The van der Waals surface area contributed by atoms with E-state index in [1.54, 1.807) is 18.5 Å². The lowest BCUT2D eigenvalue weighted by Crippen LogP contribution is -2.50. The van der Waals surface area contributed by atoms with Gasteiger partial charge in [-0.15, -0.1) is 0 Å². The molecule has 1 aliphatic heterocycles. The molecule has 0 aliphatic carbocycles. The second-order valence-electron chi connectivity index (χ2n) is 6.43. The summed E-state index contributed by atoms with van der Waals surface area (Å²) in [4.78, 5) is 25.0. The van der Waals surface area contributed by atoms with Crippen molar-refractivity contribution in [1.82, 2.24) is 14.9 Å². The highest BCUT2D eigenvalue weighted by Gasteiger charge is 2.22. The van der Waals surface area contributed by atoms with Crippen molar-refractivity contribution >= 4 is 17.5 Å². The number of para-hydroxylation sites is 2. The zero-order valence-corrected chi connectivity index (χ0v) is 15.3. The lowest BCUT2D eigenvalue weighted by atomic mass is 10.2. The predicted molar refractivity (Wildman–Crippen MR) is 102 cm³/mol. The van der Waals surface area contributed by atoms with Gasteiger partial charge in [0.15, 0.2) is 0 Å². The van der Waals surface area contributed by atoms with Crippen LogP contribution in [0.25, 0.3) is 0 Å². The highest BCUT2D eigenvalue weighted by atomic mass is 16.5. The van der Waals surface area contributed by atoms with Crippen LogP contribution in [0.3, 0.4) is 0 Å². The van der Waals surface area contributed by atoms with Crippen molar-refractivity contribution in [3.63, 3.8) is 0 Å². The fourth-order valence-corrected chi connectivity index (χ4v) is 2.86. The number of nitrogens with zero attached hydrogens (tertiary/aromatic N) is 4. The molecule has 0 saturated carbocycles. The molecule has 1 saturated heterocycles. The Hall–Kier alpha value is -2.83. The summed E-state index contributed by atoms with van der Waals surface area (Å²) >= 11 is 0. The normalized spacial score (nSPS) is 14.4. The smallest absolute Gasteiger partial charge is 0.241 e. The average molecular weight is 355 g/mol. The monoisotopic (exact) mass is 355 g/mol. The minimum absolute atomic E-state index is 0.0815. The van der Waals surface area contributed by atoms with Gasteiger partial charge in [-0.05, 0) is 32.0 Å². The zero-order chi connectivity index (χ0) is 18.4. The van der Waals surface area contributed by atoms with Crippen molar-refractivity contribution in [3.8, 4) is 5.75 Å². The van der Waals surface area contributed by atoms with Crippen LogP contribution < -0.4 is 15.0 Å². The molecule has 1 aliphatic rings. The Morgan fingerprint density at radius 1 is 1.12 bits per heavy atom. The third kappa shape index (κ3) is 4.62. The van der Waals surface area contributed by atoms with Crippen molar-refractivity contribution in [3.05, 3.63) is 42.7 Å². The molecule has 138 valence electrons. The molecule has 1 aromatic heterocycles. The largest absolute Gasteiger partial charge is 0.489 e. The number of hydrogen-bond donors (Lipinski definition) is 1. The van der Waals surface area contributed by atoms with Crippen molar-refractivity contribution in [1.29, 1.82) is 0 Å². The van der Waals surface area contributed by atoms with Crippen LogP contribution in [0.15, 0.2) is 42.7 Å². The van der Waals surface area contributed by atoms with Gasteiger partial charge in [0.2, 0.25) is 11.9 Å². The molecule has 0 bridgehead atoms. The number of hydrogen-bond acceptors (Lipinski definition) is 6. The number of aromatic nitrogens is 2. The number of piperazine rings is 1. The molecule has 1 amide bonds. The Morgan fingerprint density at radius 2 is 1.81 bits per heavy atom. The second kappa shape index (κ2) is 8.51. The first kappa shape index (κ1) is 18.0. The molecule has 7 nitrogen and oxygen atoms in total. The summed E-state index contributed by atoms with van der Waals surface area (Å²) in [6.07, 6.45) is 3.56. The van der Waals surface area contributed by atoms with Crippen LogP contribution >= 0.6 is 0 Å². The van der Waals surface area contributed by atoms with E-state index in [0.717, 1.165) is 30.5 Å². The number of rotatable bonds is 6. The maximum absolute atomic E-state index is 12.5. The highest BCUT2D eigenvalue weighted by Crippen LogP contribution is 2.24. The van der Waals surface area contributed by atoms with Gasteiger partial charge in [-0.3, -0.25) is 4.79 Å². The highest BCUT2D eigenvalue weighted by molar-refractivity contribution is 5.81. The maximum atomic E-state index is 12.5. The number of amides is 1. The lowest BCUT2D eigenvalue weighted by molar-refractivity contribution is -0.129. The molecular formula is C19H25N5O2.